The molecule has 1 amide bonds. The molecule has 1 atom stereocenters. The highest BCUT2D eigenvalue weighted by Crippen LogP contribution is 2.18. The lowest BCUT2D eigenvalue weighted by atomic mass is 10.0. The van der Waals surface area contributed by atoms with Gasteiger partial charge >= 0.3 is 5.97 Å². The number of hydrogen-bond acceptors (Lipinski definition) is 3. The SMILES string of the molecule is O=C(O)CN1CCN[C@H](c2ccccc2)C1=O. The predicted octanol–water partition coefficient (Wildman–Crippen LogP) is 0.244. The molecule has 1 aliphatic heterocycles. The minimum Gasteiger partial charge on any atom is -0.480 e. The van der Waals surface area contributed by atoms with E-state index in [0.717, 1.165) is 5.56 Å². The Balaban J connectivity index is 2.14. The molecule has 1 aromatic carbocycles. The third kappa shape index (κ3) is 2.62. The Bertz CT molecular complexity index is 419. The second-order valence-electron chi connectivity index (χ2n) is 3.95. The van der Waals surface area contributed by atoms with Crippen LogP contribution in [-0.4, -0.2) is 41.5 Å². The number of nitrogens with zero attached hydrogens (tertiary/aromatic N) is 1. The maximum absolute atomic E-state index is 12.1. The molecule has 0 unspecified atom stereocenters. The van der Waals surface area contributed by atoms with Gasteiger partial charge in [-0.15, -0.1) is 0 Å². The predicted molar refractivity (Wildman–Crippen MR) is 61.4 cm³/mol. The number of benzene rings is 1. The van der Waals surface area contributed by atoms with Crippen molar-refractivity contribution < 1.29 is 14.7 Å². The number of rotatable bonds is 3. The minimum atomic E-state index is -0.980. The summed E-state index contributed by atoms with van der Waals surface area (Å²) in [5.41, 5.74) is 0.868. The summed E-state index contributed by atoms with van der Waals surface area (Å²) in [5, 5.41) is 11.8. The highest BCUT2D eigenvalue weighted by molar-refractivity contribution is 5.87. The molecule has 5 nitrogen and oxygen atoms in total. The zero-order chi connectivity index (χ0) is 12.3. The minimum absolute atomic E-state index is 0.176. The van der Waals surface area contributed by atoms with Crippen LogP contribution in [0.5, 0.6) is 0 Å². The molecule has 1 saturated heterocycles. The van der Waals surface area contributed by atoms with Gasteiger partial charge in [0.15, 0.2) is 0 Å². The molecule has 0 radical (unpaired) electrons. The molecule has 1 fully saturated rings. The highest BCUT2D eigenvalue weighted by Gasteiger charge is 2.30. The molecule has 0 aromatic heterocycles. The molecule has 90 valence electrons. The molecule has 2 rings (SSSR count). The largest absolute Gasteiger partial charge is 0.480 e. The molecule has 0 spiro atoms. The van der Waals surface area contributed by atoms with Gasteiger partial charge < -0.3 is 15.3 Å². The maximum atomic E-state index is 12.1. The Labute approximate surface area is 99.0 Å². The van der Waals surface area contributed by atoms with Gasteiger partial charge in [0.25, 0.3) is 0 Å². The van der Waals surface area contributed by atoms with E-state index in [9.17, 15) is 9.59 Å². The van der Waals surface area contributed by atoms with Crippen LogP contribution in [0.2, 0.25) is 0 Å². The van der Waals surface area contributed by atoms with Crippen molar-refractivity contribution in [2.45, 2.75) is 6.04 Å². The second kappa shape index (κ2) is 4.97. The number of amides is 1. The maximum Gasteiger partial charge on any atom is 0.323 e. The molecule has 1 aliphatic rings. The van der Waals surface area contributed by atoms with E-state index in [1.165, 1.54) is 4.90 Å². The van der Waals surface area contributed by atoms with Crippen LogP contribution < -0.4 is 5.32 Å². The van der Waals surface area contributed by atoms with Crippen molar-refractivity contribution in [3.05, 3.63) is 35.9 Å². The monoisotopic (exact) mass is 234 g/mol. The first kappa shape index (κ1) is 11.6. The fourth-order valence-corrected chi connectivity index (χ4v) is 1.95. The number of piperazine rings is 1. The topological polar surface area (TPSA) is 69.6 Å². The van der Waals surface area contributed by atoms with Crippen LogP contribution in [0, 0.1) is 0 Å². The van der Waals surface area contributed by atoms with Crippen molar-refractivity contribution in [2.24, 2.45) is 0 Å². The Morgan fingerprint density at radius 2 is 2.12 bits per heavy atom. The Morgan fingerprint density at radius 3 is 2.76 bits per heavy atom. The third-order valence-corrected chi connectivity index (χ3v) is 2.75. The Hall–Kier alpha value is -1.88. The average Bonchev–Trinajstić information content (AvgIpc) is 2.32. The molecule has 1 aromatic rings. The third-order valence-electron chi connectivity index (χ3n) is 2.75. The van der Waals surface area contributed by atoms with E-state index in [1.807, 2.05) is 30.3 Å². The quantitative estimate of drug-likeness (QED) is 0.786. The van der Waals surface area contributed by atoms with Gasteiger partial charge in [0.2, 0.25) is 5.91 Å². The number of nitrogens with one attached hydrogen (secondary N) is 1. The van der Waals surface area contributed by atoms with Crippen molar-refractivity contribution in [2.75, 3.05) is 19.6 Å². The highest BCUT2D eigenvalue weighted by atomic mass is 16.4. The molecule has 0 bridgehead atoms. The summed E-state index contributed by atoms with van der Waals surface area (Å²) in [7, 11) is 0. The first-order chi connectivity index (χ1) is 8.18. The first-order valence-electron chi connectivity index (χ1n) is 5.47. The number of hydrogen-bond donors (Lipinski definition) is 2. The molecule has 1 heterocycles. The van der Waals surface area contributed by atoms with Gasteiger partial charge in [0.1, 0.15) is 12.6 Å². The van der Waals surface area contributed by atoms with Gasteiger partial charge in [-0.05, 0) is 5.56 Å². The zero-order valence-electron chi connectivity index (χ0n) is 9.30. The van der Waals surface area contributed by atoms with Crippen LogP contribution >= 0.6 is 0 Å². The van der Waals surface area contributed by atoms with Crippen LogP contribution in [0.4, 0.5) is 0 Å². The summed E-state index contributed by atoms with van der Waals surface area (Å²) in [6.07, 6.45) is 0. The fraction of sp³-hybridized carbons (Fsp3) is 0.333. The first-order valence-corrected chi connectivity index (χ1v) is 5.47. The molecule has 5 heteroatoms. The van der Waals surface area contributed by atoms with Crippen molar-refractivity contribution in [3.8, 4) is 0 Å². The summed E-state index contributed by atoms with van der Waals surface area (Å²) in [4.78, 5) is 24.1. The van der Waals surface area contributed by atoms with Gasteiger partial charge in [-0.3, -0.25) is 9.59 Å². The van der Waals surface area contributed by atoms with E-state index in [-0.39, 0.29) is 12.5 Å². The van der Waals surface area contributed by atoms with Gasteiger partial charge in [0, 0.05) is 13.1 Å². The molecule has 0 aliphatic carbocycles. The molecule has 0 saturated carbocycles. The molecular weight excluding hydrogens is 220 g/mol. The second-order valence-corrected chi connectivity index (χ2v) is 3.95. The lowest BCUT2D eigenvalue weighted by Crippen LogP contribution is -2.51. The Kier molecular flexibility index (Phi) is 3.39. The summed E-state index contributed by atoms with van der Waals surface area (Å²) >= 11 is 0. The smallest absolute Gasteiger partial charge is 0.323 e. The van der Waals surface area contributed by atoms with E-state index in [0.29, 0.717) is 13.1 Å². The summed E-state index contributed by atoms with van der Waals surface area (Å²) < 4.78 is 0. The van der Waals surface area contributed by atoms with Crippen molar-refractivity contribution in [3.63, 3.8) is 0 Å². The molecule has 17 heavy (non-hydrogen) atoms. The number of carboxylic acids is 1. The van der Waals surface area contributed by atoms with Gasteiger partial charge in [-0.25, -0.2) is 0 Å². The number of carbonyl (C=O) groups excluding carboxylic acids is 1. The van der Waals surface area contributed by atoms with Gasteiger partial charge in [-0.2, -0.15) is 0 Å². The van der Waals surface area contributed by atoms with E-state index in [4.69, 9.17) is 5.11 Å². The van der Waals surface area contributed by atoms with Crippen molar-refractivity contribution >= 4 is 11.9 Å². The van der Waals surface area contributed by atoms with E-state index in [2.05, 4.69) is 5.32 Å². The summed E-state index contributed by atoms with van der Waals surface area (Å²) in [6, 6.07) is 8.90. The van der Waals surface area contributed by atoms with E-state index < -0.39 is 12.0 Å². The molecular formula is C12H14N2O3. The van der Waals surface area contributed by atoms with Crippen molar-refractivity contribution in [1.82, 2.24) is 10.2 Å². The van der Waals surface area contributed by atoms with Crippen molar-refractivity contribution in [1.29, 1.82) is 0 Å². The number of aliphatic carboxylic acids is 1. The van der Waals surface area contributed by atoms with Crippen LogP contribution in [0.15, 0.2) is 30.3 Å². The number of carboxylic acid groups (broad SMARTS) is 1. The van der Waals surface area contributed by atoms with E-state index >= 15 is 0 Å². The van der Waals surface area contributed by atoms with Crippen LogP contribution in [0.1, 0.15) is 11.6 Å². The fourth-order valence-electron chi connectivity index (χ4n) is 1.95. The zero-order valence-corrected chi connectivity index (χ0v) is 9.30. The Morgan fingerprint density at radius 1 is 1.41 bits per heavy atom. The summed E-state index contributed by atoms with van der Waals surface area (Å²) in [6.45, 7) is 0.816. The van der Waals surface area contributed by atoms with Gasteiger partial charge in [-0.1, -0.05) is 30.3 Å². The average molecular weight is 234 g/mol. The summed E-state index contributed by atoms with van der Waals surface area (Å²) in [5.74, 6) is -1.16. The lowest BCUT2D eigenvalue weighted by molar-refractivity contribution is -0.146. The van der Waals surface area contributed by atoms with Gasteiger partial charge in [0.05, 0.1) is 0 Å². The standard InChI is InChI=1S/C12H14N2O3/c15-10(16)8-14-7-6-13-11(12(14)17)9-4-2-1-3-5-9/h1-5,11,13H,6-8H2,(H,15,16)/t11-/m1/s1. The normalized spacial score (nSPS) is 20.4. The molecule has 2 N–H and O–H groups in total. The van der Waals surface area contributed by atoms with Crippen LogP contribution in [-0.2, 0) is 9.59 Å². The van der Waals surface area contributed by atoms with E-state index in [1.54, 1.807) is 0 Å². The van der Waals surface area contributed by atoms with Crippen LogP contribution in [0.25, 0.3) is 0 Å². The lowest BCUT2D eigenvalue weighted by Gasteiger charge is -2.32. The van der Waals surface area contributed by atoms with Crippen LogP contribution in [0.3, 0.4) is 0 Å². The number of carbonyl (C=O) groups is 2.